The number of nitrogens with zero attached hydrogens (tertiary/aromatic N) is 1. The second kappa shape index (κ2) is 7.41. The van der Waals surface area contributed by atoms with Crippen LogP contribution in [0.15, 0.2) is 47.4 Å². The molecule has 1 aromatic carbocycles. The fourth-order valence-electron chi connectivity index (χ4n) is 1.60. The summed E-state index contributed by atoms with van der Waals surface area (Å²) in [6.07, 6.45) is 1.10. The lowest BCUT2D eigenvalue weighted by Gasteiger charge is -2.06. The first-order chi connectivity index (χ1) is 9.28. The van der Waals surface area contributed by atoms with Gasteiger partial charge in [-0.15, -0.1) is 11.8 Å². The number of pyridine rings is 1. The maximum atomic E-state index is 5.87. The highest BCUT2D eigenvalue weighted by molar-refractivity contribution is 7.98. The van der Waals surface area contributed by atoms with Gasteiger partial charge in [0, 0.05) is 22.2 Å². The van der Waals surface area contributed by atoms with Crippen molar-refractivity contribution in [2.75, 3.05) is 11.9 Å². The van der Waals surface area contributed by atoms with Gasteiger partial charge in [0.05, 0.1) is 5.69 Å². The summed E-state index contributed by atoms with van der Waals surface area (Å²) >= 11 is 7.63. The van der Waals surface area contributed by atoms with Crippen molar-refractivity contribution in [2.24, 2.45) is 0 Å². The zero-order chi connectivity index (χ0) is 13.5. The van der Waals surface area contributed by atoms with E-state index in [4.69, 9.17) is 11.6 Å². The van der Waals surface area contributed by atoms with Crippen molar-refractivity contribution in [2.45, 2.75) is 24.0 Å². The standard InChI is InChI=1S/C15H17ClN2S/c1-2-10-17-15-5-3-4-13(18-15)11-19-14-8-6-12(16)7-9-14/h3-9H,2,10-11H2,1H3,(H,17,18). The molecule has 0 amide bonds. The van der Waals surface area contributed by atoms with E-state index in [0.717, 1.165) is 35.3 Å². The van der Waals surface area contributed by atoms with Crippen LogP contribution in [0.5, 0.6) is 0 Å². The molecule has 0 aliphatic carbocycles. The Labute approximate surface area is 123 Å². The Morgan fingerprint density at radius 2 is 1.95 bits per heavy atom. The van der Waals surface area contributed by atoms with Crippen molar-refractivity contribution in [1.29, 1.82) is 0 Å². The number of anilines is 1. The van der Waals surface area contributed by atoms with Crippen LogP contribution in [-0.4, -0.2) is 11.5 Å². The Morgan fingerprint density at radius 1 is 1.16 bits per heavy atom. The molecular formula is C15H17ClN2S. The molecular weight excluding hydrogens is 276 g/mol. The molecule has 0 aliphatic rings. The molecule has 0 saturated heterocycles. The third-order valence-electron chi connectivity index (χ3n) is 2.56. The van der Waals surface area contributed by atoms with E-state index in [2.05, 4.69) is 23.3 Å². The molecule has 0 saturated carbocycles. The van der Waals surface area contributed by atoms with Gasteiger partial charge in [0.2, 0.25) is 0 Å². The smallest absolute Gasteiger partial charge is 0.126 e. The number of aromatic nitrogens is 1. The minimum Gasteiger partial charge on any atom is -0.370 e. The predicted molar refractivity (Wildman–Crippen MR) is 84.0 cm³/mol. The summed E-state index contributed by atoms with van der Waals surface area (Å²) in [6, 6.07) is 14.0. The summed E-state index contributed by atoms with van der Waals surface area (Å²) in [4.78, 5) is 5.79. The van der Waals surface area contributed by atoms with E-state index in [-0.39, 0.29) is 0 Å². The van der Waals surface area contributed by atoms with Gasteiger partial charge in [0.25, 0.3) is 0 Å². The van der Waals surface area contributed by atoms with Gasteiger partial charge in [-0.25, -0.2) is 4.98 Å². The van der Waals surface area contributed by atoms with Crippen LogP contribution in [0.2, 0.25) is 5.02 Å². The monoisotopic (exact) mass is 292 g/mol. The number of thioether (sulfide) groups is 1. The van der Waals surface area contributed by atoms with Gasteiger partial charge < -0.3 is 5.32 Å². The lowest BCUT2D eigenvalue weighted by Crippen LogP contribution is -2.02. The molecule has 0 bridgehead atoms. The molecule has 0 radical (unpaired) electrons. The lowest BCUT2D eigenvalue weighted by atomic mass is 10.3. The summed E-state index contributed by atoms with van der Waals surface area (Å²) < 4.78 is 0. The van der Waals surface area contributed by atoms with Crippen LogP contribution in [0.4, 0.5) is 5.82 Å². The largest absolute Gasteiger partial charge is 0.370 e. The predicted octanol–water partition coefficient (Wildman–Crippen LogP) is 4.85. The van der Waals surface area contributed by atoms with Crippen molar-refractivity contribution >= 4 is 29.2 Å². The zero-order valence-corrected chi connectivity index (χ0v) is 12.5. The fraction of sp³-hybridized carbons (Fsp3) is 0.267. The van der Waals surface area contributed by atoms with E-state index >= 15 is 0 Å². The van der Waals surface area contributed by atoms with Crippen LogP contribution in [-0.2, 0) is 5.75 Å². The third-order valence-corrected chi connectivity index (χ3v) is 3.86. The van der Waals surface area contributed by atoms with E-state index in [1.165, 1.54) is 4.90 Å². The van der Waals surface area contributed by atoms with Gasteiger partial charge in [-0.1, -0.05) is 24.6 Å². The lowest BCUT2D eigenvalue weighted by molar-refractivity contribution is 0.965. The highest BCUT2D eigenvalue weighted by atomic mass is 35.5. The molecule has 1 heterocycles. The van der Waals surface area contributed by atoms with Crippen LogP contribution in [0.25, 0.3) is 0 Å². The highest BCUT2D eigenvalue weighted by Gasteiger charge is 1.99. The van der Waals surface area contributed by atoms with Crippen molar-refractivity contribution in [3.05, 3.63) is 53.2 Å². The van der Waals surface area contributed by atoms with Crippen molar-refractivity contribution in [1.82, 2.24) is 4.98 Å². The molecule has 0 unspecified atom stereocenters. The van der Waals surface area contributed by atoms with Crippen LogP contribution in [0.1, 0.15) is 19.0 Å². The van der Waals surface area contributed by atoms with E-state index in [9.17, 15) is 0 Å². The van der Waals surface area contributed by atoms with Gasteiger partial charge in [0.15, 0.2) is 0 Å². The number of hydrogen-bond donors (Lipinski definition) is 1. The van der Waals surface area contributed by atoms with E-state index in [1.54, 1.807) is 11.8 Å². The van der Waals surface area contributed by atoms with Gasteiger partial charge >= 0.3 is 0 Å². The summed E-state index contributed by atoms with van der Waals surface area (Å²) in [5, 5.41) is 4.07. The molecule has 0 aliphatic heterocycles. The highest BCUT2D eigenvalue weighted by Crippen LogP contribution is 2.23. The maximum absolute atomic E-state index is 5.87. The molecule has 1 aromatic heterocycles. The summed E-state index contributed by atoms with van der Waals surface area (Å²) in [5.41, 5.74) is 1.08. The van der Waals surface area contributed by atoms with Gasteiger partial charge in [-0.05, 0) is 42.8 Å². The first-order valence-electron chi connectivity index (χ1n) is 6.36. The SMILES string of the molecule is CCCNc1cccc(CSc2ccc(Cl)cc2)n1. The summed E-state index contributed by atoms with van der Waals surface area (Å²) in [7, 11) is 0. The molecule has 0 spiro atoms. The van der Waals surface area contributed by atoms with Crippen LogP contribution in [0.3, 0.4) is 0 Å². The third kappa shape index (κ3) is 4.77. The molecule has 0 fully saturated rings. The number of nitrogens with one attached hydrogen (secondary N) is 1. The minimum absolute atomic E-state index is 0.772. The number of halogens is 1. The Kier molecular flexibility index (Phi) is 5.55. The van der Waals surface area contributed by atoms with Gasteiger partial charge in [-0.3, -0.25) is 0 Å². The topological polar surface area (TPSA) is 24.9 Å². The van der Waals surface area contributed by atoms with Crippen molar-refractivity contribution in [3.8, 4) is 0 Å². The Hall–Kier alpha value is -1.19. The van der Waals surface area contributed by atoms with E-state index in [0.29, 0.717) is 0 Å². The number of rotatable bonds is 6. The molecule has 2 rings (SSSR count). The zero-order valence-electron chi connectivity index (χ0n) is 10.9. The molecule has 19 heavy (non-hydrogen) atoms. The number of benzene rings is 1. The van der Waals surface area contributed by atoms with E-state index < -0.39 is 0 Å². The first-order valence-corrected chi connectivity index (χ1v) is 7.72. The second-order valence-corrected chi connectivity index (χ2v) is 5.67. The fourth-order valence-corrected chi connectivity index (χ4v) is 2.53. The molecule has 2 nitrogen and oxygen atoms in total. The van der Waals surface area contributed by atoms with Crippen LogP contribution >= 0.6 is 23.4 Å². The molecule has 0 atom stereocenters. The molecule has 4 heteroatoms. The van der Waals surface area contributed by atoms with Gasteiger partial charge in [-0.2, -0.15) is 0 Å². The molecule has 2 aromatic rings. The van der Waals surface area contributed by atoms with Crippen molar-refractivity contribution in [3.63, 3.8) is 0 Å². The van der Waals surface area contributed by atoms with Gasteiger partial charge in [0.1, 0.15) is 5.82 Å². The normalized spacial score (nSPS) is 10.4. The summed E-state index contributed by atoms with van der Waals surface area (Å²) in [5.74, 6) is 1.82. The Morgan fingerprint density at radius 3 is 2.68 bits per heavy atom. The maximum Gasteiger partial charge on any atom is 0.126 e. The summed E-state index contributed by atoms with van der Waals surface area (Å²) in [6.45, 7) is 3.11. The minimum atomic E-state index is 0.772. The second-order valence-electron chi connectivity index (χ2n) is 4.18. The average molecular weight is 293 g/mol. The van der Waals surface area contributed by atoms with E-state index in [1.807, 2.05) is 36.4 Å². The Balaban J connectivity index is 1.93. The quantitative estimate of drug-likeness (QED) is 0.771. The van der Waals surface area contributed by atoms with Crippen molar-refractivity contribution < 1.29 is 0 Å². The van der Waals surface area contributed by atoms with Crippen LogP contribution in [0, 0.1) is 0 Å². The number of hydrogen-bond acceptors (Lipinski definition) is 3. The first kappa shape index (κ1) is 14.2. The van der Waals surface area contributed by atoms with Crippen LogP contribution < -0.4 is 5.32 Å². The molecule has 100 valence electrons. The molecule has 1 N–H and O–H groups in total. The average Bonchev–Trinajstić information content (AvgIpc) is 2.45. The Bertz CT molecular complexity index is 514.